The van der Waals surface area contributed by atoms with Crippen LogP contribution in [0.4, 0.5) is 10.5 Å². The monoisotopic (exact) mass is 264 g/mol. The Hall–Kier alpha value is -1.55. The number of amides is 2. The summed E-state index contributed by atoms with van der Waals surface area (Å²) in [6.45, 7) is 7.87. The minimum Gasteiger partial charge on any atom is -0.388 e. The summed E-state index contributed by atoms with van der Waals surface area (Å²) in [4.78, 5) is 11.7. The first-order valence-corrected chi connectivity index (χ1v) is 6.71. The van der Waals surface area contributed by atoms with Gasteiger partial charge in [-0.3, -0.25) is 0 Å². The number of rotatable bonds is 5. The number of hydrogen-bond acceptors (Lipinski definition) is 2. The van der Waals surface area contributed by atoms with Crippen molar-refractivity contribution < 1.29 is 9.90 Å². The lowest BCUT2D eigenvalue weighted by Gasteiger charge is -2.27. The van der Waals surface area contributed by atoms with E-state index < -0.39 is 5.60 Å². The number of anilines is 1. The van der Waals surface area contributed by atoms with Crippen molar-refractivity contribution in [3.63, 3.8) is 0 Å². The van der Waals surface area contributed by atoms with Crippen LogP contribution in [-0.2, 0) is 6.42 Å². The van der Waals surface area contributed by atoms with Gasteiger partial charge in [-0.25, -0.2) is 4.79 Å². The Labute approximate surface area is 115 Å². The van der Waals surface area contributed by atoms with Gasteiger partial charge in [-0.15, -0.1) is 0 Å². The van der Waals surface area contributed by atoms with Gasteiger partial charge in [-0.1, -0.05) is 32.9 Å². The largest absolute Gasteiger partial charge is 0.388 e. The van der Waals surface area contributed by atoms with E-state index in [0.29, 0.717) is 0 Å². The third-order valence-corrected chi connectivity index (χ3v) is 3.47. The summed E-state index contributed by atoms with van der Waals surface area (Å²) in [5, 5.41) is 15.5. The van der Waals surface area contributed by atoms with Crippen LogP contribution >= 0.6 is 0 Å². The van der Waals surface area contributed by atoms with E-state index in [4.69, 9.17) is 0 Å². The van der Waals surface area contributed by atoms with Gasteiger partial charge in [0.15, 0.2) is 0 Å². The summed E-state index contributed by atoms with van der Waals surface area (Å²) < 4.78 is 0. The van der Waals surface area contributed by atoms with E-state index in [-0.39, 0.29) is 18.5 Å². The number of carbonyl (C=O) groups excluding carboxylic acids is 1. The molecular formula is C15H24N2O2. The molecule has 2 amide bonds. The van der Waals surface area contributed by atoms with Gasteiger partial charge in [0.25, 0.3) is 0 Å². The third kappa shape index (κ3) is 4.91. The molecule has 0 heterocycles. The molecule has 0 radical (unpaired) electrons. The molecule has 1 unspecified atom stereocenters. The van der Waals surface area contributed by atoms with E-state index in [0.717, 1.165) is 12.1 Å². The van der Waals surface area contributed by atoms with Crippen LogP contribution in [0.15, 0.2) is 24.3 Å². The molecule has 1 aromatic rings. The molecule has 0 fully saturated rings. The molecule has 0 saturated heterocycles. The second-order valence-electron chi connectivity index (χ2n) is 5.37. The summed E-state index contributed by atoms with van der Waals surface area (Å²) in [5.74, 6) is 0.0802. The molecule has 19 heavy (non-hydrogen) atoms. The number of aryl methyl sites for hydroxylation is 1. The Balaban J connectivity index is 2.47. The summed E-state index contributed by atoms with van der Waals surface area (Å²) in [6.07, 6.45) is 0.976. The zero-order chi connectivity index (χ0) is 14.5. The molecule has 106 valence electrons. The molecular weight excluding hydrogens is 240 g/mol. The molecule has 1 rings (SSSR count). The highest BCUT2D eigenvalue weighted by molar-refractivity contribution is 5.89. The van der Waals surface area contributed by atoms with Gasteiger partial charge in [0, 0.05) is 12.2 Å². The van der Waals surface area contributed by atoms with E-state index in [1.165, 1.54) is 5.56 Å². The summed E-state index contributed by atoms with van der Waals surface area (Å²) >= 11 is 0. The minimum absolute atomic E-state index is 0.0802. The maximum absolute atomic E-state index is 11.7. The smallest absolute Gasteiger partial charge is 0.319 e. The van der Waals surface area contributed by atoms with Crippen LogP contribution in [0, 0.1) is 5.92 Å². The van der Waals surface area contributed by atoms with Crippen molar-refractivity contribution in [1.82, 2.24) is 5.32 Å². The van der Waals surface area contributed by atoms with E-state index in [1.54, 1.807) is 6.92 Å². The fraction of sp³-hybridized carbons (Fsp3) is 0.533. The van der Waals surface area contributed by atoms with Crippen LogP contribution < -0.4 is 10.6 Å². The molecule has 0 spiro atoms. The Morgan fingerprint density at radius 2 is 1.89 bits per heavy atom. The maximum atomic E-state index is 11.7. The fourth-order valence-electron chi connectivity index (χ4n) is 1.46. The highest BCUT2D eigenvalue weighted by atomic mass is 16.3. The summed E-state index contributed by atoms with van der Waals surface area (Å²) in [5.41, 5.74) is 1.08. The third-order valence-electron chi connectivity index (χ3n) is 3.47. The van der Waals surface area contributed by atoms with Crippen LogP contribution in [0.1, 0.15) is 33.3 Å². The van der Waals surface area contributed by atoms with E-state index in [1.807, 2.05) is 38.1 Å². The average Bonchev–Trinajstić information content (AvgIpc) is 2.37. The molecule has 0 aliphatic carbocycles. The number of hydrogen-bond donors (Lipinski definition) is 3. The standard InChI is InChI=1S/C15H24N2O2/c1-5-12-6-8-13(9-7-12)17-14(18)16-10-15(4,19)11(2)3/h6-9,11,19H,5,10H2,1-4H3,(H2,16,17,18). The second-order valence-corrected chi connectivity index (χ2v) is 5.37. The van der Waals surface area contributed by atoms with Crippen molar-refractivity contribution in [3.8, 4) is 0 Å². The molecule has 0 aliphatic heterocycles. The Morgan fingerprint density at radius 3 is 2.37 bits per heavy atom. The Morgan fingerprint density at radius 1 is 1.32 bits per heavy atom. The van der Waals surface area contributed by atoms with Crippen molar-refractivity contribution in [2.75, 3.05) is 11.9 Å². The second kappa shape index (κ2) is 6.57. The van der Waals surface area contributed by atoms with Crippen molar-refractivity contribution in [2.45, 2.75) is 39.7 Å². The van der Waals surface area contributed by atoms with Gasteiger partial charge in [0.2, 0.25) is 0 Å². The molecule has 0 saturated carbocycles. The van der Waals surface area contributed by atoms with Gasteiger partial charge < -0.3 is 15.7 Å². The van der Waals surface area contributed by atoms with Crippen LogP contribution in [-0.4, -0.2) is 23.3 Å². The lowest BCUT2D eigenvalue weighted by molar-refractivity contribution is 0.0170. The minimum atomic E-state index is -0.899. The summed E-state index contributed by atoms with van der Waals surface area (Å²) in [7, 11) is 0. The highest BCUT2D eigenvalue weighted by Crippen LogP contribution is 2.14. The first-order chi connectivity index (χ1) is 8.85. The predicted octanol–water partition coefficient (Wildman–Crippen LogP) is 2.78. The molecule has 3 N–H and O–H groups in total. The molecule has 1 aromatic carbocycles. The lowest BCUT2D eigenvalue weighted by atomic mass is 9.93. The molecule has 4 heteroatoms. The highest BCUT2D eigenvalue weighted by Gasteiger charge is 2.25. The fourth-order valence-corrected chi connectivity index (χ4v) is 1.46. The molecule has 0 aliphatic rings. The van der Waals surface area contributed by atoms with E-state index in [9.17, 15) is 9.90 Å². The van der Waals surface area contributed by atoms with Gasteiger partial charge >= 0.3 is 6.03 Å². The predicted molar refractivity (Wildman–Crippen MR) is 78.3 cm³/mol. The zero-order valence-electron chi connectivity index (χ0n) is 12.2. The normalized spacial score (nSPS) is 14.0. The van der Waals surface area contributed by atoms with E-state index >= 15 is 0 Å². The van der Waals surface area contributed by atoms with Gasteiger partial charge in [0.05, 0.1) is 5.60 Å². The molecule has 1 atom stereocenters. The van der Waals surface area contributed by atoms with E-state index in [2.05, 4.69) is 17.6 Å². The molecule has 0 bridgehead atoms. The van der Waals surface area contributed by atoms with Crippen LogP contribution in [0.3, 0.4) is 0 Å². The summed E-state index contributed by atoms with van der Waals surface area (Å²) in [6, 6.07) is 7.42. The van der Waals surface area contributed by atoms with Gasteiger partial charge in [-0.05, 0) is 37.0 Å². The van der Waals surface area contributed by atoms with Gasteiger partial charge in [-0.2, -0.15) is 0 Å². The lowest BCUT2D eigenvalue weighted by Crippen LogP contribution is -2.45. The topological polar surface area (TPSA) is 61.4 Å². The Kier molecular flexibility index (Phi) is 5.36. The van der Waals surface area contributed by atoms with Crippen molar-refractivity contribution >= 4 is 11.7 Å². The van der Waals surface area contributed by atoms with Crippen LogP contribution in [0.25, 0.3) is 0 Å². The van der Waals surface area contributed by atoms with Crippen molar-refractivity contribution in [1.29, 1.82) is 0 Å². The van der Waals surface area contributed by atoms with Crippen molar-refractivity contribution in [2.24, 2.45) is 5.92 Å². The molecule has 0 aromatic heterocycles. The SMILES string of the molecule is CCc1ccc(NC(=O)NCC(C)(O)C(C)C)cc1. The molecule has 4 nitrogen and oxygen atoms in total. The average molecular weight is 264 g/mol. The zero-order valence-corrected chi connectivity index (χ0v) is 12.2. The number of benzene rings is 1. The number of aliphatic hydroxyl groups is 1. The number of nitrogens with one attached hydrogen (secondary N) is 2. The van der Waals surface area contributed by atoms with Crippen LogP contribution in [0.2, 0.25) is 0 Å². The van der Waals surface area contributed by atoms with Crippen molar-refractivity contribution in [3.05, 3.63) is 29.8 Å². The Bertz CT molecular complexity index is 411. The van der Waals surface area contributed by atoms with Gasteiger partial charge in [0.1, 0.15) is 0 Å². The maximum Gasteiger partial charge on any atom is 0.319 e. The first-order valence-electron chi connectivity index (χ1n) is 6.71. The number of urea groups is 1. The number of carbonyl (C=O) groups is 1. The van der Waals surface area contributed by atoms with Crippen LogP contribution in [0.5, 0.6) is 0 Å². The quantitative estimate of drug-likeness (QED) is 0.766. The first kappa shape index (κ1) is 15.5.